The average molecular weight is 296 g/mol. The number of urea groups is 1. The third-order valence-corrected chi connectivity index (χ3v) is 3.41. The van der Waals surface area contributed by atoms with Crippen molar-refractivity contribution < 1.29 is 19.1 Å². The van der Waals surface area contributed by atoms with Crippen molar-refractivity contribution in [2.45, 2.75) is 6.10 Å². The molecule has 0 radical (unpaired) electrons. The van der Waals surface area contributed by atoms with Crippen molar-refractivity contribution in [3.63, 3.8) is 0 Å². The summed E-state index contributed by atoms with van der Waals surface area (Å²) in [5, 5.41) is 7.53. The van der Waals surface area contributed by atoms with Gasteiger partial charge in [0, 0.05) is 0 Å². The smallest absolute Gasteiger partial charge is 0.415 e. The van der Waals surface area contributed by atoms with Gasteiger partial charge in [-0.05, 0) is 17.5 Å². The van der Waals surface area contributed by atoms with Gasteiger partial charge in [0.15, 0.2) is 0 Å². The molecule has 2 N–H and O–H groups in total. The number of cyclic esters (lactones) is 1. The van der Waals surface area contributed by atoms with Gasteiger partial charge in [-0.3, -0.25) is 4.90 Å². The fourth-order valence-electron chi connectivity index (χ4n) is 1.64. The Balaban J connectivity index is 1.77. The van der Waals surface area contributed by atoms with Gasteiger partial charge in [-0.2, -0.15) is 4.99 Å². The van der Waals surface area contributed by atoms with Crippen LogP contribution in [-0.4, -0.2) is 44.1 Å². The zero-order valence-corrected chi connectivity index (χ0v) is 11.2. The van der Waals surface area contributed by atoms with Crippen molar-refractivity contribution in [3.8, 4) is 0 Å². The van der Waals surface area contributed by atoms with Gasteiger partial charge in [0.2, 0.25) is 6.08 Å². The molecule has 2 rings (SSSR count). The first kappa shape index (κ1) is 14.0. The molecule has 9 heteroatoms. The van der Waals surface area contributed by atoms with Crippen LogP contribution in [0.3, 0.4) is 0 Å². The summed E-state index contributed by atoms with van der Waals surface area (Å²) in [5.74, 6) is 0. The van der Waals surface area contributed by atoms with Crippen LogP contribution in [0.5, 0.6) is 0 Å². The molecule has 0 saturated carbocycles. The molecular formula is C11H12N4O4S. The second kappa shape index (κ2) is 6.69. The maximum absolute atomic E-state index is 11.7. The van der Waals surface area contributed by atoms with Crippen LogP contribution in [0.2, 0.25) is 0 Å². The Morgan fingerprint density at radius 3 is 3.15 bits per heavy atom. The number of rotatable bonds is 5. The van der Waals surface area contributed by atoms with E-state index in [0.29, 0.717) is 6.54 Å². The molecule has 1 aromatic heterocycles. The standard InChI is InChI=1S/C11H12N4O4S/c16-7-12-6-14-10(17)13-4-8-5-15(11(18)19-8)9-2-1-3-20-9/h1-3,8H,4-6H2,(H2,13,14,17). The van der Waals surface area contributed by atoms with Crippen molar-refractivity contribution >= 4 is 34.5 Å². The van der Waals surface area contributed by atoms with Crippen LogP contribution >= 0.6 is 11.3 Å². The molecule has 106 valence electrons. The Labute approximate surface area is 118 Å². The number of ether oxygens (including phenoxy) is 1. The van der Waals surface area contributed by atoms with E-state index in [1.54, 1.807) is 0 Å². The highest BCUT2D eigenvalue weighted by Crippen LogP contribution is 2.25. The quantitative estimate of drug-likeness (QED) is 0.616. The maximum Gasteiger partial charge on any atom is 0.415 e. The Hall–Kier alpha value is -2.38. The lowest BCUT2D eigenvalue weighted by atomic mass is 10.3. The number of thiophene rings is 1. The van der Waals surface area contributed by atoms with E-state index in [4.69, 9.17) is 4.74 Å². The number of anilines is 1. The molecule has 20 heavy (non-hydrogen) atoms. The van der Waals surface area contributed by atoms with Gasteiger partial charge < -0.3 is 15.4 Å². The lowest BCUT2D eigenvalue weighted by Crippen LogP contribution is -2.40. The molecule has 0 bridgehead atoms. The maximum atomic E-state index is 11.7. The first-order valence-corrected chi connectivity index (χ1v) is 6.65. The highest BCUT2D eigenvalue weighted by atomic mass is 32.1. The lowest BCUT2D eigenvalue weighted by molar-refractivity contribution is 0.140. The van der Waals surface area contributed by atoms with Gasteiger partial charge in [-0.25, -0.2) is 14.4 Å². The molecule has 2 heterocycles. The Morgan fingerprint density at radius 1 is 1.60 bits per heavy atom. The van der Waals surface area contributed by atoms with Crippen LogP contribution in [0.25, 0.3) is 0 Å². The molecule has 1 aromatic rings. The molecule has 1 fully saturated rings. The van der Waals surface area contributed by atoms with Gasteiger partial charge >= 0.3 is 12.1 Å². The van der Waals surface area contributed by atoms with E-state index in [0.717, 1.165) is 5.00 Å². The fourth-order valence-corrected chi connectivity index (χ4v) is 2.37. The second-order valence-corrected chi connectivity index (χ2v) is 4.79. The summed E-state index contributed by atoms with van der Waals surface area (Å²) in [7, 11) is 0. The van der Waals surface area contributed by atoms with E-state index >= 15 is 0 Å². The molecule has 1 atom stereocenters. The summed E-state index contributed by atoms with van der Waals surface area (Å²) in [6.07, 6.45) is 0.467. The molecule has 8 nitrogen and oxygen atoms in total. The third-order valence-electron chi connectivity index (χ3n) is 2.52. The van der Waals surface area contributed by atoms with Crippen molar-refractivity contribution in [1.82, 2.24) is 10.6 Å². The molecule has 0 spiro atoms. The largest absolute Gasteiger partial charge is 0.442 e. The topological polar surface area (TPSA) is 100 Å². The summed E-state index contributed by atoms with van der Waals surface area (Å²) in [4.78, 5) is 37.5. The van der Waals surface area contributed by atoms with E-state index in [1.165, 1.54) is 22.3 Å². The van der Waals surface area contributed by atoms with Crippen molar-refractivity contribution in [2.24, 2.45) is 4.99 Å². The van der Waals surface area contributed by atoms with Crippen LogP contribution in [0.15, 0.2) is 22.5 Å². The van der Waals surface area contributed by atoms with Crippen LogP contribution in [0.1, 0.15) is 0 Å². The summed E-state index contributed by atoms with van der Waals surface area (Å²) in [5.41, 5.74) is 0. The van der Waals surface area contributed by atoms with E-state index in [1.807, 2.05) is 17.5 Å². The Kier molecular flexibility index (Phi) is 4.70. The van der Waals surface area contributed by atoms with E-state index in [2.05, 4.69) is 15.6 Å². The predicted molar refractivity (Wildman–Crippen MR) is 71.5 cm³/mol. The molecule has 1 unspecified atom stereocenters. The van der Waals surface area contributed by atoms with Gasteiger partial charge in [-0.15, -0.1) is 11.3 Å². The number of amides is 3. The molecule has 1 aliphatic heterocycles. The normalized spacial score (nSPS) is 17.3. The first-order valence-electron chi connectivity index (χ1n) is 5.77. The van der Waals surface area contributed by atoms with Crippen LogP contribution in [0.4, 0.5) is 14.6 Å². The summed E-state index contributed by atoms with van der Waals surface area (Å²) in [6.45, 7) is 0.428. The number of hydrogen-bond donors (Lipinski definition) is 2. The highest BCUT2D eigenvalue weighted by molar-refractivity contribution is 7.14. The second-order valence-electron chi connectivity index (χ2n) is 3.86. The van der Waals surface area contributed by atoms with Gasteiger partial charge in [0.1, 0.15) is 17.8 Å². The van der Waals surface area contributed by atoms with Crippen LogP contribution < -0.4 is 15.5 Å². The molecule has 1 aliphatic rings. The minimum absolute atomic E-state index is 0.138. The summed E-state index contributed by atoms with van der Waals surface area (Å²) in [6, 6.07) is 3.18. The van der Waals surface area contributed by atoms with E-state index in [9.17, 15) is 14.4 Å². The molecular weight excluding hydrogens is 284 g/mol. The van der Waals surface area contributed by atoms with Crippen LogP contribution in [-0.2, 0) is 9.53 Å². The first-order chi connectivity index (χ1) is 9.70. The number of carbonyl (C=O) groups is 2. The van der Waals surface area contributed by atoms with E-state index < -0.39 is 18.2 Å². The predicted octanol–water partition coefficient (Wildman–Crippen LogP) is 0.666. The average Bonchev–Trinajstić information content (AvgIpc) is 3.06. The van der Waals surface area contributed by atoms with Crippen molar-refractivity contribution in [3.05, 3.63) is 17.5 Å². The van der Waals surface area contributed by atoms with Gasteiger partial charge in [-0.1, -0.05) is 0 Å². The van der Waals surface area contributed by atoms with Crippen molar-refractivity contribution in [1.29, 1.82) is 0 Å². The zero-order valence-electron chi connectivity index (χ0n) is 10.4. The monoisotopic (exact) mass is 296 g/mol. The fraction of sp³-hybridized carbons (Fsp3) is 0.364. The molecule has 3 amide bonds. The minimum Gasteiger partial charge on any atom is -0.442 e. The zero-order chi connectivity index (χ0) is 14.4. The Morgan fingerprint density at radius 2 is 2.45 bits per heavy atom. The number of isocyanates is 1. The van der Waals surface area contributed by atoms with Crippen LogP contribution in [0, 0.1) is 0 Å². The lowest BCUT2D eigenvalue weighted by Gasteiger charge is -2.10. The SMILES string of the molecule is O=C=NCNC(=O)NCC1CN(c2cccs2)C(=O)O1. The highest BCUT2D eigenvalue weighted by Gasteiger charge is 2.32. The molecule has 0 aliphatic carbocycles. The number of nitrogens with one attached hydrogen (secondary N) is 2. The summed E-state index contributed by atoms with van der Waals surface area (Å²) < 4.78 is 5.14. The Bertz CT molecular complexity index is 527. The van der Waals surface area contributed by atoms with Gasteiger partial charge in [0.05, 0.1) is 13.1 Å². The van der Waals surface area contributed by atoms with Gasteiger partial charge in [0.25, 0.3) is 0 Å². The number of nitrogens with zero attached hydrogens (tertiary/aromatic N) is 2. The third kappa shape index (κ3) is 3.56. The summed E-state index contributed by atoms with van der Waals surface area (Å²) >= 11 is 1.44. The minimum atomic E-state index is -0.491. The number of carbonyl (C=O) groups excluding carboxylic acids is 3. The molecule has 1 saturated heterocycles. The molecule has 0 aromatic carbocycles. The van der Waals surface area contributed by atoms with Crippen molar-refractivity contribution in [2.75, 3.05) is 24.7 Å². The number of hydrogen-bond acceptors (Lipinski definition) is 6. The number of aliphatic imine (C=N–C) groups is 1. The van der Waals surface area contributed by atoms with E-state index in [-0.39, 0.29) is 13.2 Å².